The minimum absolute atomic E-state index is 0. The van der Waals surface area contributed by atoms with Crippen LogP contribution in [0.5, 0.6) is 0 Å². The second-order valence-electron chi connectivity index (χ2n) is 27.1. The van der Waals surface area contributed by atoms with Gasteiger partial charge in [0.1, 0.15) is 16.5 Å². The Bertz CT molecular complexity index is 5550. The second-order valence-corrected chi connectivity index (χ2v) is 28.1. The average molecular weight is 2030 g/mol. The third kappa shape index (κ3) is 23.6. The molecule has 18 heteroatoms. The predicted molar refractivity (Wildman–Crippen MR) is 443 cm³/mol. The summed E-state index contributed by atoms with van der Waals surface area (Å²) in [5.74, 6) is 1.07. The Morgan fingerprint density at radius 3 is 1.59 bits per heavy atom. The zero-order valence-electron chi connectivity index (χ0n) is 64.3. The van der Waals surface area contributed by atoms with Crippen LogP contribution in [0, 0.1) is 30.0 Å². The number of fused-ring (bicyclic) bond motifs is 9. The smallest absolute Gasteiger partial charge is 0.269 e. The summed E-state index contributed by atoms with van der Waals surface area (Å²) in [5, 5.41) is 38.6. The van der Waals surface area contributed by atoms with Crippen LogP contribution in [-0.4, -0.2) is 66.7 Å². The van der Waals surface area contributed by atoms with E-state index >= 15 is 0 Å². The van der Waals surface area contributed by atoms with Gasteiger partial charge in [0.25, 0.3) is 5.70 Å². The molecule has 14 nitrogen and oxygen atoms in total. The van der Waals surface area contributed by atoms with Crippen molar-refractivity contribution in [1.29, 1.82) is 5.26 Å². The molecule has 8 aromatic carbocycles. The Hall–Kier alpha value is -11.3. The minimum Gasteiger partial charge on any atom is -0.512 e. The zero-order valence-corrected chi connectivity index (χ0v) is 72.3. The molecule has 0 saturated carbocycles. The molecular weight excluding hydrogens is 1950 g/mol. The van der Waals surface area contributed by atoms with Gasteiger partial charge in [0.15, 0.2) is 17.3 Å². The van der Waals surface area contributed by atoms with Crippen molar-refractivity contribution in [2.24, 2.45) is 0 Å². The number of rotatable bonds is 9. The van der Waals surface area contributed by atoms with Gasteiger partial charge in [0.05, 0.1) is 51.3 Å². The minimum atomic E-state index is -0.125. The fourth-order valence-corrected chi connectivity index (χ4v) is 13.5. The first-order valence-electron chi connectivity index (χ1n) is 35.1. The van der Waals surface area contributed by atoms with Crippen molar-refractivity contribution in [2.45, 2.75) is 87.0 Å². The van der Waals surface area contributed by atoms with Gasteiger partial charge in [-0.2, -0.15) is 0 Å². The summed E-state index contributed by atoms with van der Waals surface area (Å²) in [4.78, 5) is 53.7. The van der Waals surface area contributed by atoms with E-state index in [0.29, 0.717) is 17.1 Å². The van der Waals surface area contributed by atoms with E-state index in [9.17, 15) is 14.4 Å². The molecule has 573 valence electrons. The maximum atomic E-state index is 10.0. The van der Waals surface area contributed by atoms with E-state index in [1.165, 1.54) is 125 Å². The van der Waals surface area contributed by atoms with Gasteiger partial charge in [0.2, 0.25) is 0 Å². The van der Waals surface area contributed by atoms with Crippen LogP contribution in [0.3, 0.4) is 0 Å². The number of nitrogens with zero attached hydrogens (tertiary/aromatic N) is 7. The summed E-state index contributed by atoms with van der Waals surface area (Å²) in [7, 11) is 4.00. The number of ether oxygens (including phenoxy) is 1. The molecule has 0 bridgehead atoms. The second kappa shape index (κ2) is 41.7. The molecule has 5 heterocycles. The molecule has 2 aliphatic carbocycles. The van der Waals surface area contributed by atoms with Gasteiger partial charge in [-0.25, -0.2) is 15.1 Å². The van der Waals surface area contributed by atoms with E-state index in [2.05, 4.69) is 193 Å². The van der Waals surface area contributed by atoms with Gasteiger partial charge in [-0.05, 0) is 176 Å². The topological polar surface area (TPSA) is 204 Å². The van der Waals surface area contributed by atoms with Crippen molar-refractivity contribution in [2.75, 3.05) is 19.0 Å². The summed E-state index contributed by atoms with van der Waals surface area (Å²) in [5.41, 5.74) is 20.7. The molecule has 3 aliphatic rings. The molecule has 0 amide bonds. The van der Waals surface area contributed by atoms with E-state index in [4.69, 9.17) is 36.9 Å². The van der Waals surface area contributed by atoms with Crippen LogP contribution >= 0.6 is 11.3 Å². The summed E-state index contributed by atoms with van der Waals surface area (Å²) >= 11 is 1.68. The van der Waals surface area contributed by atoms with Crippen LogP contribution in [0.2, 0.25) is 0 Å². The summed E-state index contributed by atoms with van der Waals surface area (Å²) in [6, 6.07) is 80.2. The van der Waals surface area contributed by atoms with Gasteiger partial charge < -0.3 is 29.9 Å². The van der Waals surface area contributed by atoms with Crippen LogP contribution in [0.25, 0.3) is 98.3 Å². The van der Waals surface area contributed by atoms with Gasteiger partial charge in [-0.1, -0.05) is 189 Å². The van der Waals surface area contributed by atoms with E-state index < -0.39 is 0 Å². The number of para-hydroxylation sites is 2. The fraction of sp³-hybridized carbons (Fsp3) is 0.160. The van der Waals surface area contributed by atoms with Gasteiger partial charge in [-0.3, -0.25) is 24.4 Å². The van der Waals surface area contributed by atoms with Crippen LogP contribution < -0.4 is 4.90 Å². The van der Waals surface area contributed by atoms with Crippen molar-refractivity contribution >= 4 is 72.3 Å². The van der Waals surface area contributed by atoms with E-state index in [1.807, 2.05) is 116 Å². The van der Waals surface area contributed by atoms with E-state index in [1.54, 1.807) is 36.6 Å². The standard InChI is InChI=1S/2C24H18N.C19H17N3O.C12H8N2S.3C5H8O2.3Ir/c1-24(2)20-9-5-4-8-18(20)19-13-11-17(15-21(19)24)23-14-12-16-7-3-6-10-22(16)25-23;1-24(2)21-10-6-5-9-19(21)20-12-11-17(15-22(20)24)23-18-8-4-3-7-16(18)13-14-25-23;1-14-11-16(19(13-20)21-2)12-18(23-14)10-7-15-5-8-17(9-6-15)22(3)4;1-2-7-11-9(5-1)14-12(15-11)10-6-3-4-8-13-10;3*1-4(6)3-5(2)7;;;/h2*3-10,12-15H,1-2H3;5-12H,1,3-4H3;1-8H;3*3,6H,1-2H3;;;/q2*-1;;;;;;;;/b;;10-7+,19-16+;;;;;;;. The molecule has 4 aromatic heterocycles. The predicted octanol–water partition coefficient (Wildman–Crippen LogP) is 22.8. The van der Waals surface area contributed by atoms with Gasteiger partial charge in [-0.15, -0.1) is 70.0 Å². The molecule has 12 aromatic rings. The van der Waals surface area contributed by atoms with Gasteiger partial charge in [0, 0.05) is 111 Å². The normalized spacial score (nSPS) is 13.2. The number of benzene rings is 8. The van der Waals surface area contributed by atoms with Crippen molar-refractivity contribution in [3.63, 3.8) is 0 Å². The quantitative estimate of drug-likeness (QED) is 0.0533. The Morgan fingerprint density at radius 1 is 0.545 bits per heavy atom. The maximum absolute atomic E-state index is 10.0. The van der Waals surface area contributed by atoms with Crippen molar-refractivity contribution in [3.05, 3.63) is 347 Å². The van der Waals surface area contributed by atoms with E-state index in [-0.39, 0.29) is 111 Å². The number of carbonyl (C=O) groups excluding carboxylic acids is 3. The molecule has 1 aliphatic heterocycles. The molecular formula is C94H85Ir3N7O7S-2. The number of carbonyl (C=O) groups is 3. The molecule has 0 atom stereocenters. The Morgan fingerprint density at radius 2 is 1.06 bits per heavy atom. The van der Waals surface area contributed by atoms with Crippen LogP contribution in [0.4, 0.5) is 5.69 Å². The zero-order chi connectivity index (χ0) is 78.5. The van der Waals surface area contributed by atoms with Crippen LogP contribution in [0.15, 0.2) is 295 Å². The average Bonchev–Trinajstić information content (AvgIpc) is 1.58. The molecule has 3 N–H and O–H groups in total. The number of hydrogen-bond donors (Lipinski definition) is 3. The Labute approximate surface area is 700 Å². The number of thiazole rings is 1. The number of aromatic nitrogens is 4. The number of anilines is 1. The Kier molecular flexibility index (Phi) is 33.4. The largest absolute Gasteiger partial charge is 0.512 e. The van der Waals surface area contributed by atoms with Crippen molar-refractivity contribution in [1.82, 2.24) is 19.9 Å². The molecule has 0 fully saturated rings. The molecule has 0 unspecified atom stereocenters. The first kappa shape index (κ1) is 89.6. The number of hydrogen-bond acceptors (Lipinski definition) is 14. The summed E-state index contributed by atoms with van der Waals surface area (Å²) < 4.78 is 6.83. The number of ketones is 3. The molecule has 3 radical (unpaired) electrons. The third-order valence-corrected chi connectivity index (χ3v) is 18.6. The van der Waals surface area contributed by atoms with Crippen LogP contribution in [-0.2, 0) is 90.3 Å². The summed E-state index contributed by atoms with van der Waals surface area (Å²) in [6.07, 6.45) is 14.3. The maximum Gasteiger partial charge on any atom is 0.269 e. The molecule has 15 rings (SSSR count). The van der Waals surface area contributed by atoms with Crippen LogP contribution in [0.1, 0.15) is 104 Å². The first-order chi connectivity index (χ1) is 52.1. The van der Waals surface area contributed by atoms with Gasteiger partial charge >= 0.3 is 0 Å². The molecule has 0 spiro atoms. The molecule has 112 heavy (non-hydrogen) atoms. The molecule has 0 saturated heterocycles. The third-order valence-electron chi connectivity index (χ3n) is 17.5. The SMILES string of the molecule is CC(=O)C=C(C)O.CC(=O)C=C(C)O.CC(=O)C=C(C)O.CC1(C)c2ccccc2-c2c[c-]c(-c3ccc4ccccc4n3)cc21.CC1(C)c2ccccc2-c2c[c-]c(-c3nccc4ccccc34)cc21.[C-]#[N+]/C(C#N)=C1\C=C(C)OC(/C=C/c2ccc(N(C)C)cc2)=C1.[Ir].[Ir].[Ir].c1ccc(-c2nc3ccccc3s2)nc1. The summed E-state index contributed by atoms with van der Waals surface area (Å²) in [6.45, 7) is 26.6. The van der Waals surface area contributed by atoms with E-state index in [0.717, 1.165) is 55.5 Å². The number of aliphatic hydroxyl groups excluding tert-OH is 3. The Balaban J connectivity index is 0.000000214. The number of pyridine rings is 3. The number of nitriles is 1. The number of aliphatic hydroxyl groups is 3. The first-order valence-corrected chi connectivity index (χ1v) is 35.9. The number of allylic oxidation sites excluding steroid dienone is 12. The van der Waals surface area contributed by atoms with Crippen molar-refractivity contribution in [3.8, 4) is 61.5 Å². The fourth-order valence-electron chi connectivity index (χ4n) is 12.6. The monoisotopic (exact) mass is 2030 g/mol. The van der Waals surface area contributed by atoms with Crippen molar-refractivity contribution < 1.29 is 94.8 Å².